The second kappa shape index (κ2) is 5.84. The highest BCUT2D eigenvalue weighted by Crippen LogP contribution is 2.19. The summed E-state index contributed by atoms with van der Waals surface area (Å²) in [5, 5.41) is 19.5. The van der Waals surface area contributed by atoms with Crippen LogP contribution in [0.4, 0.5) is 4.39 Å². The third-order valence-corrected chi connectivity index (χ3v) is 3.36. The molecule has 0 aliphatic carbocycles. The quantitative estimate of drug-likeness (QED) is 0.502. The van der Waals surface area contributed by atoms with E-state index in [-0.39, 0.29) is 23.0 Å². The molecule has 114 valence electrons. The number of hydrogen-bond acceptors (Lipinski definition) is 3. The third-order valence-electron chi connectivity index (χ3n) is 3.36. The fraction of sp³-hybridized carbons (Fsp3) is 0. The Bertz CT molecular complexity index is 932. The van der Waals surface area contributed by atoms with Crippen LogP contribution in [0.25, 0.3) is 10.8 Å². The summed E-state index contributed by atoms with van der Waals surface area (Å²) in [6.07, 6.45) is 1.58. The van der Waals surface area contributed by atoms with E-state index >= 15 is 0 Å². The van der Waals surface area contributed by atoms with Crippen molar-refractivity contribution in [1.82, 2.24) is 4.98 Å². The van der Waals surface area contributed by atoms with Crippen molar-refractivity contribution in [1.29, 1.82) is 5.41 Å². The summed E-state index contributed by atoms with van der Waals surface area (Å²) in [4.78, 5) is 8.13. The fourth-order valence-electron chi connectivity index (χ4n) is 2.26. The SMILES string of the molecule is N=C(N=C(N)c1cc(F)ccc1O)c1nccc2ccccc12. The first kappa shape index (κ1) is 14.6. The van der Waals surface area contributed by atoms with Gasteiger partial charge in [0.15, 0.2) is 5.84 Å². The Hall–Kier alpha value is -3.28. The predicted molar refractivity (Wildman–Crippen MR) is 87.4 cm³/mol. The van der Waals surface area contributed by atoms with Crippen molar-refractivity contribution in [2.45, 2.75) is 0 Å². The van der Waals surface area contributed by atoms with Crippen LogP contribution in [-0.4, -0.2) is 21.8 Å². The average Bonchev–Trinajstić information content (AvgIpc) is 2.56. The minimum absolute atomic E-state index is 0.0370. The number of pyridine rings is 1. The molecule has 1 heterocycles. The van der Waals surface area contributed by atoms with E-state index in [1.165, 1.54) is 6.07 Å². The Morgan fingerprint density at radius 3 is 2.78 bits per heavy atom. The normalized spacial score (nSPS) is 11.6. The van der Waals surface area contributed by atoms with Crippen molar-refractivity contribution in [2.24, 2.45) is 10.7 Å². The van der Waals surface area contributed by atoms with Gasteiger partial charge in [-0.25, -0.2) is 9.38 Å². The summed E-state index contributed by atoms with van der Waals surface area (Å²) in [6, 6.07) is 12.7. The summed E-state index contributed by atoms with van der Waals surface area (Å²) >= 11 is 0. The third kappa shape index (κ3) is 2.87. The van der Waals surface area contributed by atoms with E-state index in [1.54, 1.807) is 6.20 Å². The number of fused-ring (bicyclic) bond motifs is 1. The Morgan fingerprint density at radius 1 is 1.17 bits per heavy atom. The van der Waals surface area contributed by atoms with E-state index in [4.69, 9.17) is 11.1 Å². The Kier molecular flexibility index (Phi) is 3.72. The van der Waals surface area contributed by atoms with Crippen LogP contribution in [0.15, 0.2) is 59.7 Å². The largest absolute Gasteiger partial charge is 0.507 e. The molecule has 0 bridgehead atoms. The van der Waals surface area contributed by atoms with Gasteiger partial charge >= 0.3 is 0 Å². The molecule has 0 atom stereocenters. The van der Waals surface area contributed by atoms with Crippen LogP contribution in [0.1, 0.15) is 11.3 Å². The lowest BCUT2D eigenvalue weighted by Gasteiger charge is -2.06. The summed E-state index contributed by atoms with van der Waals surface area (Å²) in [5.74, 6) is -1.07. The number of amidine groups is 2. The molecule has 0 saturated carbocycles. The van der Waals surface area contributed by atoms with Crippen LogP contribution in [0.2, 0.25) is 0 Å². The average molecular weight is 308 g/mol. The van der Waals surface area contributed by atoms with Gasteiger partial charge in [-0.05, 0) is 29.7 Å². The molecule has 23 heavy (non-hydrogen) atoms. The molecule has 5 nitrogen and oxygen atoms in total. The second-order valence-electron chi connectivity index (χ2n) is 4.89. The van der Waals surface area contributed by atoms with E-state index in [9.17, 15) is 9.50 Å². The van der Waals surface area contributed by atoms with E-state index < -0.39 is 5.82 Å². The van der Waals surface area contributed by atoms with E-state index in [0.717, 1.165) is 22.9 Å². The highest BCUT2D eigenvalue weighted by Gasteiger charge is 2.11. The van der Waals surface area contributed by atoms with Gasteiger partial charge in [-0.3, -0.25) is 10.4 Å². The van der Waals surface area contributed by atoms with Crippen LogP contribution in [0.3, 0.4) is 0 Å². The molecule has 0 aliphatic rings. The van der Waals surface area contributed by atoms with Crippen molar-refractivity contribution >= 4 is 22.4 Å². The Morgan fingerprint density at radius 2 is 1.96 bits per heavy atom. The molecular formula is C17H13FN4O. The van der Waals surface area contributed by atoms with Crippen LogP contribution < -0.4 is 5.73 Å². The summed E-state index contributed by atoms with van der Waals surface area (Å²) in [6.45, 7) is 0. The molecule has 3 rings (SSSR count). The summed E-state index contributed by atoms with van der Waals surface area (Å²) < 4.78 is 13.3. The first-order chi connectivity index (χ1) is 11.1. The maximum atomic E-state index is 13.3. The number of hydrogen-bond donors (Lipinski definition) is 3. The molecule has 0 fully saturated rings. The van der Waals surface area contributed by atoms with Gasteiger partial charge in [-0.1, -0.05) is 24.3 Å². The highest BCUT2D eigenvalue weighted by atomic mass is 19.1. The molecule has 0 radical (unpaired) electrons. The number of aliphatic imine (C=N–C) groups is 1. The molecule has 2 aromatic carbocycles. The molecule has 6 heteroatoms. The second-order valence-corrected chi connectivity index (χ2v) is 4.89. The number of benzene rings is 2. The molecule has 0 amide bonds. The molecule has 4 N–H and O–H groups in total. The van der Waals surface area contributed by atoms with Crippen molar-refractivity contribution < 1.29 is 9.50 Å². The van der Waals surface area contributed by atoms with Crippen LogP contribution >= 0.6 is 0 Å². The topological polar surface area (TPSA) is 95.4 Å². The van der Waals surface area contributed by atoms with Gasteiger partial charge in [-0.15, -0.1) is 0 Å². The van der Waals surface area contributed by atoms with Crippen LogP contribution in [0, 0.1) is 11.2 Å². The monoisotopic (exact) mass is 308 g/mol. The minimum Gasteiger partial charge on any atom is -0.507 e. The molecule has 3 aromatic rings. The first-order valence-electron chi connectivity index (χ1n) is 6.82. The number of rotatable bonds is 2. The Balaban J connectivity index is 2.04. The zero-order chi connectivity index (χ0) is 16.4. The number of phenolic OH excluding ortho intramolecular Hbond substituents is 1. The van der Waals surface area contributed by atoms with Gasteiger partial charge < -0.3 is 10.8 Å². The zero-order valence-corrected chi connectivity index (χ0v) is 12.0. The molecule has 0 aliphatic heterocycles. The van der Waals surface area contributed by atoms with Gasteiger partial charge in [0.25, 0.3) is 0 Å². The highest BCUT2D eigenvalue weighted by molar-refractivity contribution is 6.14. The zero-order valence-electron chi connectivity index (χ0n) is 12.0. The lowest BCUT2D eigenvalue weighted by molar-refractivity contribution is 0.472. The van der Waals surface area contributed by atoms with Gasteiger partial charge in [0.2, 0.25) is 0 Å². The van der Waals surface area contributed by atoms with E-state index in [2.05, 4.69) is 9.98 Å². The molecule has 1 aromatic heterocycles. The Labute approximate surface area is 131 Å². The number of nitrogens with two attached hydrogens (primary N) is 1. The van der Waals surface area contributed by atoms with Gasteiger partial charge in [0.05, 0.1) is 5.56 Å². The number of halogens is 1. The number of phenols is 1. The van der Waals surface area contributed by atoms with Crippen molar-refractivity contribution in [3.63, 3.8) is 0 Å². The number of aromatic nitrogens is 1. The molecule has 0 saturated heterocycles. The number of aromatic hydroxyl groups is 1. The number of nitrogens with one attached hydrogen (secondary N) is 1. The van der Waals surface area contributed by atoms with Crippen molar-refractivity contribution in [3.05, 3.63) is 71.8 Å². The molecular weight excluding hydrogens is 295 g/mol. The standard InChI is InChI=1S/C17H13FN4O/c18-11-5-6-14(23)13(9-11)16(19)22-17(20)15-12-4-2-1-3-10(12)7-8-21-15/h1-9,23H,(H3,19,20,22). The van der Waals surface area contributed by atoms with Gasteiger partial charge in [-0.2, -0.15) is 0 Å². The predicted octanol–water partition coefficient (Wildman–Crippen LogP) is 2.81. The maximum absolute atomic E-state index is 13.3. The van der Waals surface area contributed by atoms with Gasteiger partial charge in [0.1, 0.15) is 23.1 Å². The lowest BCUT2D eigenvalue weighted by atomic mass is 10.1. The maximum Gasteiger partial charge on any atom is 0.173 e. The minimum atomic E-state index is -0.550. The molecule has 0 spiro atoms. The number of nitrogens with zero attached hydrogens (tertiary/aromatic N) is 2. The summed E-state index contributed by atoms with van der Waals surface area (Å²) in [7, 11) is 0. The van der Waals surface area contributed by atoms with Crippen molar-refractivity contribution in [3.8, 4) is 5.75 Å². The fourth-order valence-corrected chi connectivity index (χ4v) is 2.26. The van der Waals surface area contributed by atoms with Crippen LogP contribution in [-0.2, 0) is 0 Å². The van der Waals surface area contributed by atoms with Gasteiger partial charge in [0, 0.05) is 11.6 Å². The van der Waals surface area contributed by atoms with Crippen LogP contribution in [0.5, 0.6) is 5.75 Å². The lowest BCUT2D eigenvalue weighted by Crippen LogP contribution is -2.17. The smallest absolute Gasteiger partial charge is 0.173 e. The summed E-state index contributed by atoms with van der Waals surface area (Å²) in [5.41, 5.74) is 6.20. The van der Waals surface area contributed by atoms with Crippen molar-refractivity contribution in [2.75, 3.05) is 0 Å². The first-order valence-corrected chi connectivity index (χ1v) is 6.82. The molecule has 0 unspecified atom stereocenters. The van der Waals surface area contributed by atoms with E-state index in [0.29, 0.717) is 5.69 Å². The van der Waals surface area contributed by atoms with E-state index in [1.807, 2.05) is 30.3 Å².